The average molecular weight is 631 g/mol. The fourth-order valence-electron chi connectivity index (χ4n) is 6.99. The van der Waals surface area contributed by atoms with E-state index in [-0.39, 0.29) is 23.6 Å². The third-order valence-electron chi connectivity index (χ3n) is 9.54. The number of amides is 1. The number of hydrogen-bond acceptors (Lipinski definition) is 7. The van der Waals surface area contributed by atoms with E-state index in [0.29, 0.717) is 43.0 Å². The van der Waals surface area contributed by atoms with Gasteiger partial charge in [0.1, 0.15) is 0 Å². The molecule has 2 aromatic heterocycles. The number of halogens is 2. The lowest BCUT2D eigenvalue weighted by Gasteiger charge is -2.50. The van der Waals surface area contributed by atoms with Crippen LogP contribution >= 0.6 is 23.2 Å². The summed E-state index contributed by atoms with van der Waals surface area (Å²) in [5.74, 6) is 0.891. The quantitative estimate of drug-likeness (QED) is 0.364. The van der Waals surface area contributed by atoms with Gasteiger partial charge in [-0.15, -0.1) is 0 Å². The van der Waals surface area contributed by atoms with Crippen molar-refractivity contribution in [2.75, 3.05) is 64.0 Å². The van der Waals surface area contributed by atoms with Crippen LogP contribution in [0, 0.1) is 6.92 Å². The molecule has 2 atom stereocenters. The molecule has 232 valence electrons. The lowest BCUT2D eigenvalue weighted by Crippen LogP contribution is -2.62. The minimum Gasteiger partial charge on any atom is -0.376 e. The molecule has 43 heavy (non-hydrogen) atoms. The molecule has 0 aliphatic carbocycles. The summed E-state index contributed by atoms with van der Waals surface area (Å²) in [7, 11) is 0. The highest BCUT2D eigenvalue weighted by atomic mass is 35.5. The van der Waals surface area contributed by atoms with Crippen LogP contribution in [0.4, 0.5) is 5.82 Å². The maximum absolute atomic E-state index is 12.3. The van der Waals surface area contributed by atoms with Gasteiger partial charge in [0, 0.05) is 61.5 Å². The van der Waals surface area contributed by atoms with Crippen LogP contribution in [0.15, 0.2) is 24.9 Å². The van der Waals surface area contributed by atoms with Gasteiger partial charge < -0.3 is 19.3 Å². The molecule has 5 heterocycles. The number of benzene rings is 1. The van der Waals surface area contributed by atoms with Gasteiger partial charge in [-0.2, -0.15) is 10.2 Å². The van der Waals surface area contributed by atoms with E-state index in [2.05, 4.69) is 52.0 Å². The Bertz CT molecular complexity index is 1490. The van der Waals surface area contributed by atoms with Crippen molar-refractivity contribution >= 4 is 45.8 Å². The van der Waals surface area contributed by atoms with Crippen LogP contribution in [0.5, 0.6) is 0 Å². The summed E-state index contributed by atoms with van der Waals surface area (Å²) in [4.78, 5) is 19.1. The fourth-order valence-corrected chi connectivity index (χ4v) is 7.44. The SMILES string of the molecule is C=CC(=O)N1CCC(n2nc(N3CCN(C[C@@H]4COCCO4)C[C@]3(C)CC)c(-c3c(Cl)c(Cl)cc4[nH]ncc34)c2C)CC1. The predicted octanol–water partition coefficient (Wildman–Crippen LogP) is 5.10. The number of H-pyrrole nitrogens is 1. The van der Waals surface area contributed by atoms with E-state index in [1.165, 1.54) is 6.08 Å². The zero-order valence-corrected chi connectivity index (χ0v) is 26.8. The first kappa shape index (κ1) is 30.4. The van der Waals surface area contributed by atoms with Gasteiger partial charge in [-0.25, -0.2) is 0 Å². The number of piperidine rings is 1. The van der Waals surface area contributed by atoms with Crippen LogP contribution in [0.1, 0.15) is 44.8 Å². The third-order valence-corrected chi connectivity index (χ3v) is 10.3. The summed E-state index contributed by atoms with van der Waals surface area (Å²) < 4.78 is 13.8. The van der Waals surface area contributed by atoms with Gasteiger partial charge in [-0.3, -0.25) is 19.5 Å². The molecule has 3 aliphatic rings. The van der Waals surface area contributed by atoms with E-state index in [1.807, 2.05) is 17.2 Å². The lowest BCUT2D eigenvalue weighted by molar-refractivity contribution is -0.127. The molecule has 12 heteroatoms. The summed E-state index contributed by atoms with van der Waals surface area (Å²) in [6.07, 6.45) is 5.86. The minimum atomic E-state index is -0.186. The van der Waals surface area contributed by atoms with Gasteiger partial charge in [0.2, 0.25) is 5.91 Å². The Hall–Kier alpha value is -2.63. The molecule has 0 unspecified atom stereocenters. The first-order valence-electron chi connectivity index (χ1n) is 15.2. The first-order chi connectivity index (χ1) is 20.7. The molecule has 6 rings (SSSR count). The molecule has 1 aromatic carbocycles. The largest absolute Gasteiger partial charge is 0.376 e. The third kappa shape index (κ3) is 5.68. The van der Waals surface area contributed by atoms with Crippen molar-refractivity contribution in [1.29, 1.82) is 0 Å². The van der Waals surface area contributed by atoms with Crippen LogP contribution in [0.3, 0.4) is 0 Å². The average Bonchev–Trinajstić information content (AvgIpc) is 3.62. The number of carbonyl (C=O) groups excluding carboxylic acids is 1. The van der Waals surface area contributed by atoms with E-state index >= 15 is 0 Å². The molecule has 1 amide bonds. The van der Waals surface area contributed by atoms with Crippen LogP contribution in [0.25, 0.3) is 22.0 Å². The van der Waals surface area contributed by atoms with E-state index < -0.39 is 0 Å². The zero-order chi connectivity index (χ0) is 30.3. The highest BCUT2D eigenvalue weighted by Crippen LogP contribution is 2.47. The predicted molar refractivity (Wildman–Crippen MR) is 170 cm³/mol. The Morgan fingerprint density at radius 2 is 2.00 bits per heavy atom. The van der Waals surface area contributed by atoms with Crippen LogP contribution in [-0.2, 0) is 14.3 Å². The summed E-state index contributed by atoms with van der Waals surface area (Å²) in [6, 6.07) is 1.98. The van der Waals surface area contributed by atoms with Crippen LogP contribution in [-0.4, -0.2) is 106 Å². The van der Waals surface area contributed by atoms with E-state index in [4.69, 9.17) is 37.8 Å². The monoisotopic (exact) mass is 629 g/mol. The number of aromatic amines is 1. The number of rotatable bonds is 7. The second-order valence-corrected chi connectivity index (χ2v) is 13.0. The highest BCUT2D eigenvalue weighted by molar-refractivity contribution is 6.45. The minimum absolute atomic E-state index is 0.0214. The van der Waals surface area contributed by atoms with Crippen molar-refractivity contribution in [3.8, 4) is 11.1 Å². The first-order valence-corrected chi connectivity index (χ1v) is 16.0. The summed E-state index contributed by atoms with van der Waals surface area (Å²) in [5.41, 5.74) is 3.51. The molecule has 10 nitrogen and oxygen atoms in total. The van der Waals surface area contributed by atoms with Gasteiger partial charge in [0.15, 0.2) is 5.82 Å². The summed E-state index contributed by atoms with van der Waals surface area (Å²) >= 11 is 13.7. The van der Waals surface area contributed by atoms with Gasteiger partial charge in [-0.05, 0) is 45.3 Å². The topological polar surface area (TPSA) is 91.8 Å². The van der Waals surface area contributed by atoms with E-state index in [0.717, 1.165) is 79.0 Å². The Morgan fingerprint density at radius 3 is 2.70 bits per heavy atom. The molecular formula is C31H41Cl2N7O3. The number of ether oxygens (including phenoxy) is 2. The molecular weight excluding hydrogens is 589 g/mol. The molecule has 0 bridgehead atoms. The Morgan fingerprint density at radius 1 is 1.21 bits per heavy atom. The van der Waals surface area contributed by atoms with Gasteiger partial charge >= 0.3 is 0 Å². The van der Waals surface area contributed by atoms with Crippen molar-refractivity contribution in [3.05, 3.63) is 40.7 Å². The maximum atomic E-state index is 12.3. The summed E-state index contributed by atoms with van der Waals surface area (Å²) in [6.45, 7) is 17.1. The number of anilines is 1. The van der Waals surface area contributed by atoms with Crippen molar-refractivity contribution in [2.45, 2.75) is 57.7 Å². The zero-order valence-electron chi connectivity index (χ0n) is 25.2. The van der Waals surface area contributed by atoms with Gasteiger partial charge in [0.05, 0.1) is 59.3 Å². The molecule has 0 saturated carbocycles. The van der Waals surface area contributed by atoms with Crippen LogP contribution in [0.2, 0.25) is 10.0 Å². The Kier molecular flexibility index (Phi) is 8.77. The Balaban J connectivity index is 1.41. The van der Waals surface area contributed by atoms with Crippen molar-refractivity contribution in [2.24, 2.45) is 0 Å². The number of hydrogen-bond donors (Lipinski definition) is 1. The van der Waals surface area contributed by atoms with E-state index in [1.54, 1.807) is 0 Å². The second kappa shape index (κ2) is 12.4. The fraction of sp³-hybridized carbons (Fsp3) is 0.581. The van der Waals surface area contributed by atoms with Gasteiger partial charge in [0.25, 0.3) is 0 Å². The molecule has 3 aliphatic heterocycles. The van der Waals surface area contributed by atoms with Crippen molar-refractivity contribution in [3.63, 3.8) is 0 Å². The molecule has 3 aromatic rings. The number of nitrogens with zero attached hydrogens (tertiary/aromatic N) is 6. The van der Waals surface area contributed by atoms with Crippen LogP contribution < -0.4 is 4.90 Å². The molecule has 1 N–H and O–H groups in total. The Labute approximate surface area is 262 Å². The number of likely N-dealkylation sites (tertiary alicyclic amines) is 1. The number of aromatic nitrogens is 4. The molecule has 0 radical (unpaired) electrons. The summed E-state index contributed by atoms with van der Waals surface area (Å²) in [5, 5.41) is 14.7. The van der Waals surface area contributed by atoms with Gasteiger partial charge in [-0.1, -0.05) is 36.7 Å². The lowest BCUT2D eigenvalue weighted by atomic mass is 9.91. The highest BCUT2D eigenvalue weighted by Gasteiger charge is 2.41. The standard InChI is InChI=1S/C31H41Cl2N7O3/c1-5-26(41)38-9-7-21(8-10-38)40-20(3)27(28-23-16-34-35-25(23)15-24(32)29(28)33)30(36-40)39-12-11-37(19-31(39,4)6-2)17-22-18-42-13-14-43-22/h5,15-16,21-22H,1,6-14,17-19H2,2-4H3,(H,34,35)/t22-,31+/m1/s1. The number of piperazine rings is 1. The number of carbonyl (C=O) groups is 1. The maximum Gasteiger partial charge on any atom is 0.245 e. The van der Waals surface area contributed by atoms with E-state index in [9.17, 15) is 4.79 Å². The van der Waals surface area contributed by atoms with Crippen molar-refractivity contribution < 1.29 is 14.3 Å². The smallest absolute Gasteiger partial charge is 0.245 e. The molecule has 0 spiro atoms. The van der Waals surface area contributed by atoms with Crippen molar-refractivity contribution in [1.82, 2.24) is 29.8 Å². The molecule has 3 fully saturated rings. The normalized spacial score (nSPS) is 24.2. The number of nitrogens with one attached hydrogen (secondary N) is 1. The second-order valence-electron chi connectivity index (χ2n) is 12.2. The molecule has 3 saturated heterocycles. The number of fused-ring (bicyclic) bond motifs is 1.